The molecule has 1 fully saturated rings. The van der Waals surface area contributed by atoms with Gasteiger partial charge < -0.3 is 9.73 Å². The van der Waals surface area contributed by atoms with Gasteiger partial charge in [0, 0.05) is 25.2 Å². The number of ketones is 1. The summed E-state index contributed by atoms with van der Waals surface area (Å²) in [6.45, 7) is 7.31. The molecule has 7 nitrogen and oxygen atoms in total. The molecule has 1 aliphatic rings. The van der Waals surface area contributed by atoms with Gasteiger partial charge in [0.15, 0.2) is 5.78 Å². The minimum atomic E-state index is -3.52. The molecule has 8 heteroatoms. The van der Waals surface area contributed by atoms with Crippen LogP contribution in [0.1, 0.15) is 48.8 Å². The van der Waals surface area contributed by atoms with Crippen LogP contribution in [0.2, 0.25) is 0 Å². The van der Waals surface area contributed by atoms with Crippen molar-refractivity contribution in [2.45, 2.75) is 37.6 Å². The van der Waals surface area contributed by atoms with Crippen molar-refractivity contribution in [1.29, 1.82) is 0 Å². The maximum absolute atomic E-state index is 12.6. The Bertz CT molecular complexity index is 900. The summed E-state index contributed by atoms with van der Waals surface area (Å²) in [7, 11) is -3.52. The van der Waals surface area contributed by atoms with Crippen molar-refractivity contribution in [3.05, 3.63) is 54.0 Å². The highest BCUT2D eigenvalue weighted by Gasteiger charge is 2.25. The van der Waals surface area contributed by atoms with Crippen molar-refractivity contribution in [2.75, 3.05) is 39.3 Å². The fraction of sp³-hybridized carbons (Fsp3) is 0.500. The van der Waals surface area contributed by atoms with Crippen molar-refractivity contribution in [3.8, 4) is 0 Å². The highest BCUT2D eigenvalue weighted by Crippen LogP contribution is 2.25. The van der Waals surface area contributed by atoms with Crippen LogP contribution < -0.4 is 5.32 Å². The Hall–Kier alpha value is -2.00. The van der Waals surface area contributed by atoms with Crippen LogP contribution in [-0.2, 0) is 10.0 Å². The van der Waals surface area contributed by atoms with E-state index in [4.69, 9.17) is 4.42 Å². The Balaban J connectivity index is 1.59. The maximum Gasteiger partial charge on any atom is 0.243 e. The van der Waals surface area contributed by atoms with E-state index in [-0.39, 0.29) is 23.3 Å². The maximum atomic E-state index is 12.6. The van der Waals surface area contributed by atoms with Crippen LogP contribution in [-0.4, -0.2) is 62.7 Å². The lowest BCUT2D eigenvalue weighted by Crippen LogP contribution is -2.36. The monoisotopic (exact) mass is 433 g/mol. The molecule has 1 unspecified atom stereocenters. The molecule has 1 aromatic carbocycles. The zero-order chi connectivity index (χ0) is 21.6. The Labute approximate surface area is 179 Å². The van der Waals surface area contributed by atoms with E-state index in [1.807, 2.05) is 26.0 Å². The summed E-state index contributed by atoms with van der Waals surface area (Å²) < 4.78 is 32.2. The number of nitrogens with zero attached hydrogens (tertiary/aromatic N) is 2. The number of nitrogens with one attached hydrogen (secondary N) is 1. The van der Waals surface area contributed by atoms with E-state index in [1.54, 1.807) is 18.4 Å². The van der Waals surface area contributed by atoms with Gasteiger partial charge in [-0.3, -0.25) is 9.69 Å². The van der Waals surface area contributed by atoms with E-state index in [1.165, 1.54) is 29.3 Å². The van der Waals surface area contributed by atoms with Crippen molar-refractivity contribution in [1.82, 2.24) is 14.5 Å². The van der Waals surface area contributed by atoms with Crippen LogP contribution in [0.15, 0.2) is 52.0 Å². The summed E-state index contributed by atoms with van der Waals surface area (Å²) in [5.74, 6) is 0.837. The fourth-order valence-electron chi connectivity index (χ4n) is 3.89. The zero-order valence-electron chi connectivity index (χ0n) is 17.7. The number of benzene rings is 1. The Kier molecular flexibility index (Phi) is 7.82. The Morgan fingerprint density at radius 2 is 1.80 bits per heavy atom. The van der Waals surface area contributed by atoms with Crippen LogP contribution in [0.5, 0.6) is 0 Å². The highest BCUT2D eigenvalue weighted by atomic mass is 32.2. The second kappa shape index (κ2) is 10.3. The van der Waals surface area contributed by atoms with Gasteiger partial charge in [0.2, 0.25) is 10.0 Å². The average molecular weight is 434 g/mol. The molecule has 164 valence electrons. The van der Waals surface area contributed by atoms with E-state index in [2.05, 4.69) is 10.2 Å². The van der Waals surface area contributed by atoms with Crippen molar-refractivity contribution >= 4 is 15.8 Å². The van der Waals surface area contributed by atoms with Gasteiger partial charge in [0.1, 0.15) is 5.76 Å². The number of hydrogen-bond donors (Lipinski definition) is 1. The van der Waals surface area contributed by atoms with Crippen LogP contribution in [0.3, 0.4) is 0 Å². The molecule has 0 saturated carbocycles. The van der Waals surface area contributed by atoms with Gasteiger partial charge in [-0.1, -0.05) is 26.0 Å². The van der Waals surface area contributed by atoms with Gasteiger partial charge in [-0.25, -0.2) is 8.42 Å². The second-order valence-electron chi connectivity index (χ2n) is 7.44. The first-order chi connectivity index (χ1) is 14.5. The third-order valence-corrected chi connectivity index (χ3v) is 7.66. The molecular weight excluding hydrogens is 402 g/mol. The van der Waals surface area contributed by atoms with Gasteiger partial charge in [-0.05, 0) is 50.2 Å². The number of carbonyl (C=O) groups excluding carboxylic acids is 1. The van der Waals surface area contributed by atoms with E-state index in [0.29, 0.717) is 25.2 Å². The minimum Gasteiger partial charge on any atom is -0.468 e. The number of carbonyl (C=O) groups is 1. The lowest BCUT2D eigenvalue weighted by atomic mass is 10.1. The number of sulfonamides is 1. The second-order valence-corrected chi connectivity index (χ2v) is 9.38. The van der Waals surface area contributed by atoms with Crippen molar-refractivity contribution < 1.29 is 17.6 Å². The van der Waals surface area contributed by atoms with Crippen molar-refractivity contribution in [3.63, 3.8) is 0 Å². The van der Waals surface area contributed by atoms with E-state index in [0.717, 1.165) is 18.8 Å². The molecule has 0 radical (unpaired) electrons. The van der Waals surface area contributed by atoms with Crippen LogP contribution >= 0.6 is 0 Å². The number of hydrogen-bond acceptors (Lipinski definition) is 6. The molecule has 30 heavy (non-hydrogen) atoms. The molecule has 1 aliphatic heterocycles. The first-order valence-corrected chi connectivity index (χ1v) is 12.0. The van der Waals surface area contributed by atoms with Gasteiger partial charge >= 0.3 is 0 Å². The molecule has 0 bridgehead atoms. The lowest BCUT2D eigenvalue weighted by Gasteiger charge is -2.26. The van der Waals surface area contributed by atoms with Gasteiger partial charge in [-0.2, -0.15) is 4.31 Å². The third-order valence-electron chi connectivity index (χ3n) is 5.60. The summed E-state index contributed by atoms with van der Waals surface area (Å²) in [6.07, 6.45) is 4.04. The van der Waals surface area contributed by atoms with Crippen LogP contribution in [0, 0.1) is 0 Å². The summed E-state index contributed by atoms with van der Waals surface area (Å²) in [6, 6.07) is 10.2. The summed E-state index contributed by atoms with van der Waals surface area (Å²) >= 11 is 0. The smallest absolute Gasteiger partial charge is 0.243 e. The summed E-state index contributed by atoms with van der Waals surface area (Å²) in [4.78, 5) is 15.2. The van der Waals surface area contributed by atoms with Gasteiger partial charge in [0.25, 0.3) is 0 Å². The number of furan rings is 1. The first kappa shape index (κ1) is 22.7. The summed E-state index contributed by atoms with van der Waals surface area (Å²) in [5, 5.41) is 3.25. The quantitative estimate of drug-likeness (QED) is 0.549. The minimum absolute atomic E-state index is 0.0681. The Morgan fingerprint density at radius 3 is 2.37 bits per heavy atom. The standard InChI is InChI=1S/C22H31N3O4S/c1-3-25(4-2)30(27,28)19-11-9-18(10-12-19)21(26)17-23-16-20(22-8-7-15-29-22)24-13-5-6-14-24/h7-12,15,20,23H,3-6,13-14,16-17H2,1-2H3. The van der Waals surface area contributed by atoms with Gasteiger partial charge in [-0.15, -0.1) is 0 Å². The molecule has 1 N–H and O–H groups in total. The fourth-order valence-corrected chi connectivity index (χ4v) is 5.35. The van der Waals surface area contributed by atoms with Crippen LogP contribution in [0.4, 0.5) is 0 Å². The van der Waals surface area contributed by atoms with Gasteiger partial charge in [0.05, 0.1) is 23.7 Å². The lowest BCUT2D eigenvalue weighted by molar-refractivity contribution is 0.0986. The summed E-state index contributed by atoms with van der Waals surface area (Å²) in [5.41, 5.74) is 0.497. The highest BCUT2D eigenvalue weighted by molar-refractivity contribution is 7.89. The number of rotatable bonds is 11. The van der Waals surface area contributed by atoms with Crippen LogP contribution in [0.25, 0.3) is 0 Å². The molecule has 1 saturated heterocycles. The SMILES string of the molecule is CCN(CC)S(=O)(=O)c1ccc(C(=O)CNCC(c2ccco2)N2CCCC2)cc1. The normalized spacial score (nSPS) is 16.2. The van der Waals surface area contributed by atoms with E-state index >= 15 is 0 Å². The first-order valence-electron chi connectivity index (χ1n) is 10.6. The zero-order valence-corrected chi connectivity index (χ0v) is 18.5. The molecule has 3 rings (SSSR count). The number of Topliss-reactive ketones (excluding diaryl/α,β-unsaturated/α-hetero) is 1. The topological polar surface area (TPSA) is 82.9 Å². The van der Waals surface area contributed by atoms with E-state index < -0.39 is 10.0 Å². The predicted molar refractivity (Wildman–Crippen MR) is 116 cm³/mol. The molecule has 0 aliphatic carbocycles. The molecule has 0 spiro atoms. The average Bonchev–Trinajstić information content (AvgIpc) is 3.46. The van der Waals surface area contributed by atoms with Crippen molar-refractivity contribution in [2.24, 2.45) is 0 Å². The molecule has 0 amide bonds. The molecule has 2 heterocycles. The Morgan fingerprint density at radius 1 is 1.13 bits per heavy atom. The number of likely N-dealkylation sites (tertiary alicyclic amines) is 1. The van der Waals surface area contributed by atoms with E-state index in [9.17, 15) is 13.2 Å². The molecular formula is C22H31N3O4S. The largest absolute Gasteiger partial charge is 0.468 e. The molecule has 1 atom stereocenters. The molecule has 1 aromatic heterocycles. The predicted octanol–water partition coefficient (Wildman–Crippen LogP) is 2.92. The molecule has 2 aromatic rings. The third kappa shape index (κ3) is 5.18.